The van der Waals surface area contributed by atoms with Gasteiger partial charge in [-0.25, -0.2) is 15.0 Å². The highest BCUT2D eigenvalue weighted by Crippen LogP contribution is 2.38. The molecule has 1 saturated heterocycles. The molecule has 1 aliphatic rings. The molecule has 39 heavy (non-hydrogen) atoms. The Bertz CT molecular complexity index is 1350. The fraction of sp³-hybridized carbons (Fsp3) is 0.406. The SMILES string of the molecule is CSc1ncc2cc([C@@H](C)CO[Si](c3ccccc3)(c3ccccc3)C(C)(C)C)nc(N3CCCCC3)c2n1. The first-order valence-corrected chi connectivity index (χ1v) is 17.2. The fourth-order valence-corrected chi connectivity index (χ4v) is 10.8. The Morgan fingerprint density at radius 2 is 1.54 bits per heavy atom. The van der Waals surface area contributed by atoms with Crippen molar-refractivity contribution < 1.29 is 4.43 Å². The van der Waals surface area contributed by atoms with Gasteiger partial charge in [-0.05, 0) is 47.0 Å². The predicted octanol–water partition coefficient (Wildman–Crippen LogP) is 6.42. The van der Waals surface area contributed by atoms with Crippen LogP contribution in [0.5, 0.6) is 0 Å². The summed E-state index contributed by atoms with van der Waals surface area (Å²) in [6.45, 7) is 11.9. The predicted molar refractivity (Wildman–Crippen MR) is 167 cm³/mol. The highest BCUT2D eigenvalue weighted by atomic mass is 32.2. The van der Waals surface area contributed by atoms with Crippen LogP contribution in [0.1, 0.15) is 58.6 Å². The Balaban J connectivity index is 1.54. The second-order valence-corrected chi connectivity index (χ2v) is 16.7. The Labute approximate surface area is 238 Å². The summed E-state index contributed by atoms with van der Waals surface area (Å²) in [7, 11) is -2.62. The highest BCUT2D eigenvalue weighted by Gasteiger charge is 2.50. The van der Waals surface area contributed by atoms with Gasteiger partial charge in [0, 0.05) is 42.9 Å². The van der Waals surface area contributed by atoms with Gasteiger partial charge in [0.15, 0.2) is 11.0 Å². The molecular weight excluding hydrogens is 517 g/mol. The topological polar surface area (TPSA) is 51.1 Å². The largest absolute Gasteiger partial charge is 0.407 e. The van der Waals surface area contributed by atoms with Crippen LogP contribution in [0.2, 0.25) is 5.04 Å². The molecule has 2 aromatic heterocycles. The molecule has 0 saturated carbocycles. The van der Waals surface area contributed by atoms with E-state index >= 15 is 0 Å². The minimum Gasteiger partial charge on any atom is -0.407 e. The lowest BCUT2D eigenvalue weighted by molar-refractivity contribution is 0.276. The number of nitrogens with zero attached hydrogens (tertiary/aromatic N) is 4. The third-order valence-corrected chi connectivity index (χ3v) is 13.4. The number of thioether (sulfide) groups is 1. The van der Waals surface area contributed by atoms with Crippen molar-refractivity contribution in [2.45, 2.75) is 63.1 Å². The second-order valence-electron chi connectivity index (χ2n) is 11.6. The minimum absolute atomic E-state index is 0.0622. The quantitative estimate of drug-likeness (QED) is 0.142. The lowest BCUT2D eigenvalue weighted by Gasteiger charge is -2.43. The van der Waals surface area contributed by atoms with Crippen LogP contribution in [0.4, 0.5) is 5.82 Å². The van der Waals surface area contributed by atoms with E-state index in [2.05, 4.69) is 104 Å². The van der Waals surface area contributed by atoms with E-state index in [9.17, 15) is 0 Å². The smallest absolute Gasteiger partial charge is 0.261 e. The molecule has 0 N–H and O–H groups in total. The maximum absolute atomic E-state index is 7.27. The van der Waals surface area contributed by atoms with E-state index in [1.54, 1.807) is 11.8 Å². The number of aromatic nitrogens is 3. The molecular formula is C32H40N4OSSi. The van der Waals surface area contributed by atoms with Crippen molar-refractivity contribution in [1.82, 2.24) is 15.0 Å². The molecule has 5 nitrogen and oxygen atoms in total. The average Bonchev–Trinajstić information content (AvgIpc) is 2.97. The fourth-order valence-electron chi connectivity index (χ4n) is 5.80. The van der Waals surface area contributed by atoms with E-state index < -0.39 is 8.32 Å². The summed E-state index contributed by atoms with van der Waals surface area (Å²) in [5.41, 5.74) is 2.00. The summed E-state index contributed by atoms with van der Waals surface area (Å²) in [5, 5.41) is 4.38. The summed E-state index contributed by atoms with van der Waals surface area (Å²) in [6.07, 6.45) is 7.65. The number of piperidine rings is 1. The van der Waals surface area contributed by atoms with Crippen LogP contribution < -0.4 is 15.3 Å². The van der Waals surface area contributed by atoms with Crippen molar-refractivity contribution in [2.75, 3.05) is 30.9 Å². The van der Waals surface area contributed by atoms with Crippen LogP contribution in [0, 0.1) is 0 Å². The zero-order valence-corrected chi connectivity index (χ0v) is 25.7. The molecule has 2 aromatic carbocycles. The number of hydrogen-bond acceptors (Lipinski definition) is 6. The zero-order valence-electron chi connectivity index (χ0n) is 23.9. The van der Waals surface area contributed by atoms with Crippen LogP contribution in [0.15, 0.2) is 78.1 Å². The van der Waals surface area contributed by atoms with Gasteiger partial charge in [-0.15, -0.1) is 0 Å². The number of pyridine rings is 1. The van der Waals surface area contributed by atoms with Gasteiger partial charge in [-0.2, -0.15) is 0 Å². The van der Waals surface area contributed by atoms with Crippen molar-refractivity contribution in [3.05, 3.63) is 78.6 Å². The first-order chi connectivity index (χ1) is 18.8. The van der Waals surface area contributed by atoms with Crippen LogP contribution >= 0.6 is 11.8 Å². The summed E-state index contributed by atoms with van der Waals surface area (Å²) in [6, 6.07) is 23.9. The van der Waals surface area contributed by atoms with E-state index in [0.717, 1.165) is 40.7 Å². The number of hydrogen-bond donors (Lipinski definition) is 0. The molecule has 4 aromatic rings. The van der Waals surface area contributed by atoms with E-state index in [1.807, 2.05) is 12.5 Å². The Hall–Kier alpha value is -2.74. The molecule has 0 aliphatic carbocycles. The van der Waals surface area contributed by atoms with Gasteiger partial charge in [-0.3, -0.25) is 0 Å². The maximum atomic E-state index is 7.27. The first kappa shape index (κ1) is 27.8. The minimum atomic E-state index is -2.62. The standard InChI is InChI=1S/C32H40N4OSSi/c1-24(23-37-39(32(2,3)4,26-15-9-6-10-16-26)27-17-11-7-12-18-27)28-21-25-22-33-31(38-5)35-29(25)30(34-28)36-19-13-8-14-20-36/h6-7,9-12,15-18,21-22,24H,8,13-14,19-20,23H2,1-5H3/t24-/m0/s1. The highest BCUT2D eigenvalue weighted by molar-refractivity contribution is 7.98. The molecule has 3 heterocycles. The van der Waals surface area contributed by atoms with Gasteiger partial charge in [-0.1, -0.05) is 100 Å². The molecule has 1 aliphatic heterocycles. The van der Waals surface area contributed by atoms with Gasteiger partial charge in [0.25, 0.3) is 8.32 Å². The van der Waals surface area contributed by atoms with Crippen molar-refractivity contribution in [2.24, 2.45) is 0 Å². The van der Waals surface area contributed by atoms with Gasteiger partial charge >= 0.3 is 0 Å². The lowest BCUT2D eigenvalue weighted by Crippen LogP contribution is -2.66. The molecule has 1 fully saturated rings. The van der Waals surface area contributed by atoms with Crippen molar-refractivity contribution in [1.29, 1.82) is 0 Å². The van der Waals surface area contributed by atoms with Gasteiger partial charge in [0.05, 0.1) is 0 Å². The van der Waals surface area contributed by atoms with Crippen LogP contribution in [0.25, 0.3) is 10.9 Å². The van der Waals surface area contributed by atoms with E-state index in [4.69, 9.17) is 14.4 Å². The molecule has 0 spiro atoms. The Morgan fingerprint density at radius 1 is 0.923 bits per heavy atom. The monoisotopic (exact) mass is 556 g/mol. The Kier molecular flexibility index (Phi) is 8.40. The number of fused-ring (bicyclic) bond motifs is 1. The van der Waals surface area contributed by atoms with Crippen LogP contribution in [0.3, 0.4) is 0 Å². The molecule has 0 amide bonds. The van der Waals surface area contributed by atoms with Gasteiger partial charge in [0.1, 0.15) is 5.52 Å². The zero-order chi connectivity index (χ0) is 27.5. The second kappa shape index (κ2) is 11.8. The molecule has 0 bridgehead atoms. The van der Waals surface area contributed by atoms with E-state index in [0.29, 0.717) is 6.61 Å². The summed E-state index contributed by atoms with van der Waals surface area (Å²) in [4.78, 5) is 17.2. The van der Waals surface area contributed by atoms with E-state index in [1.165, 1.54) is 29.6 Å². The van der Waals surface area contributed by atoms with E-state index in [-0.39, 0.29) is 11.0 Å². The van der Waals surface area contributed by atoms with Crippen molar-refractivity contribution in [3.8, 4) is 0 Å². The third-order valence-electron chi connectivity index (χ3n) is 7.85. The summed E-state index contributed by atoms with van der Waals surface area (Å²) < 4.78 is 7.27. The number of rotatable bonds is 8. The van der Waals surface area contributed by atoms with Gasteiger partial charge < -0.3 is 9.33 Å². The molecule has 5 rings (SSSR count). The van der Waals surface area contributed by atoms with Crippen molar-refractivity contribution in [3.63, 3.8) is 0 Å². The Morgan fingerprint density at radius 3 is 2.10 bits per heavy atom. The third kappa shape index (κ3) is 5.63. The van der Waals surface area contributed by atoms with Crippen LogP contribution in [-0.4, -0.2) is 49.2 Å². The lowest BCUT2D eigenvalue weighted by atomic mass is 10.1. The molecule has 0 radical (unpaired) electrons. The molecule has 0 unspecified atom stereocenters. The normalized spacial score (nSPS) is 15.5. The van der Waals surface area contributed by atoms with Crippen molar-refractivity contribution >= 4 is 47.2 Å². The summed E-state index contributed by atoms with van der Waals surface area (Å²) >= 11 is 1.57. The molecule has 7 heteroatoms. The van der Waals surface area contributed by atoms with Gasteiger partial charge in [0.2, 0.25) is 0 Å². The molecule has 1 atom stereocenters. The average molecular weight is 557 g/mol. The maximum Gasteiger partial charge on any atom is 0.261 e. The first-order valence-electron chi connectivity index (χ1n) is 14.0. The number of anilines is 1. The van der Waals surface area contributed by atoms with Crippen LogP contribution in [-0.2, 0) is 4.43 Å². The number of benzene rings is 2. The molecule has 204 valence electrons. The summed E-state index contributed by atoms with van der Waals surface area (Å²) in [5.74, 6) is 1.11.